The summed E-state index contributed by atoms with van der Waals surface area (Å²) in [6.07, 6.45) is 3.97. The second-order valence-corrected chi connectivity index (χ2v) is 6.82. The molecular formula is C18H16N4O2S. The number of pyridine rings is 1. The van der Waals surface area contributed by atoms with E-state index in [1.54, 1.807) is 6.20 Å². The standard InChI is InChI=1S/C18H16N4O2S/c23-15(20-14-4-2-1-3-5-14)11-25-16-9-8-13(10-19-16)18-21-17(22-24-18)12-6-7-12/h1-5,8-10,12H,6-7,11H2,(H,20,23). The molecule has 0 aliphatic heterocycles. The Labute approximate surface area is 149 Å². The lowest BCUT2D eigenvalue weighted by molar-refractivity contribution is -0.113. The minimum Gasteiger partial charge on any atom is -0.334 e. The Kier molecular flexibility index (Phi) is 4.47. The molecule has 1 N–H and O–H groups in total. The predicted molar refractivity (Wildman–Crippen MR) is 95.3 cm³/mol. The number of aromatic nitrogens is 3. The van der Waals surface area contributed by atoms with Crippen molar-refractivity contribution in [2.45, 2.75) is 23.8 Å². The highest BCUT2D eigenvalue weighted by Crippen LogP contribution is 2.38. The molecule has 3 aromatic rings. The Morgan fingerprint density at radius 1 is 1.20 bits per heavy atom. The molecule has 126 valence electrons. The number of anilines is 1. The second-order valence-electron chi connectivity index (χ2n) is 5.82. The summed E-state index contributed by atoms with van der Waals surface area (Å²) >= 11 is 1.38. The molecule has 1 aromatic carbocycles. The van der Waals surface area contributed by atoms with Crippen molar-refractivity contribution < 1.29 is 9.32 Å². The molecule has 1 aliphatic carbocycles. The van der Waals surface area contributed by atoms with Crippen molar-refractivity contribution in [2.24, 2.45) is 0 Å². The highest BCUT2D eigenvalue weighted by atomic mass is 32.2. The Morgan fingerprint density at radius 3 is 2.76 bits per heavy atom. The van der Waals surface area contributed by atoms with Crippen LogP contribution < -0.4 is 5.32 Å². The van der Waals surface area contributed by atoms with Gasteiger partial charge in [0.1, 0.15) is 0 Å². The number of thioether (sulfide) groups is 1. The van der Waals surface area contributed by atoms with Gasteiger partial charge in [0.2, 0.25) is 5.91 Å². The zero-order chi connectivity index (χ0) is 17.1. The molecule has 1 aliphatic rings. The summed E-state index contributed by atoms with van der Waals surface area (Å²) in [6, 6.07) is 13.1. The molecule has 7 heteroatoms. The van der Waals surface area contributed by atoms with Crippen molar-refractivity contribution in [3.8, 4) is 11.5 Å². The number of hydrogen-bond acceptors (Lipinski definition) is 6. The van der Waals surface area contributed by atoms with Crippen LogP contribution in [0, 0.1) is 0 Å². The van der Waals surface area contributed by atoms with E-state index < -0.39 is 0 Å². The number of amides is 1. The molecule has 0 radical (unpaired) electrons. The fraction of sp³-hybridized carbons (Fsp3) is 0.222. The van der Waals surface area contributed by atoms with Crippen molar-refractivity contribution in [2.75, 3.05) is 11.1 Å². The third kappa shape index (κ3) is 4.06. The van der Waals surface area contributed by atoms with Crippen molar-refractivity contribution >= 4 is 23.4 Å². The highest BCUT2D eigenvalue weighted by molar-refractivity contribution is 7.99. The van der Waals surface area contributed by atoms with Gasteiger partial charge in [0.15, 0.2) is 5.82 Å². The van der Waals surface area contributed by atoms with Gasteiger partial charge in [-0.2, -0.15) is 4.98 Å². The van der Waals surface area contributed by atoms with Gasteiger partial charge in [0.05, 0.1) is 16.3 Å². The van der Waals surface area contributed by atoms with Gasteiger partial charge in [0, 0.05) is 17.8 Å². The van der Waals surface area contributed by atoms with Gasteiger partial charge >= 0.3 is 0 Å². The average Bonchev–Trinajstić information content (AvgIpc) is 3.38. The Bertz CT molecular complexity index is 860. The Morgan fingerprint density at radius 2 is 2.04 bits per heavy atom. The number of nitrogens with zero attached hydrogens (tertiary/aromatic N) is 3. The number of hydrogen-bond donors (Lipinski definition) is 1. The van der Waals surface area contributed by atoms with E-state index in [1.165, 1.54) is 11.8 Å². The normalized spacial score (nSPS) is 13.6. The fourth-order valence-corrected chi connectivity index (χ4v) is 2.95. The third-order valence-corrected chi connectivity index (χ3v) is 4.72. The van der Waals surface area contributed by atoms with E-state index in [1.807, 2.05) is 42.5 Å². The van der Waals surface area contributed by atoms with Crippen molar-refractivity contribution in [3.05, 3.63) is 54.5 Å². The van der Waals surface area contributed by atoms with Crippen LogP contribution in [0.1, 0.15) is 24.6 Å². The van der Waals surface area contributed by atoms with Crippen LogP contribution in [-0.4, -0.2) is 26.8 Å². The van der Waals surface area contributed by atoms with Crippen LogP contribution >= 0.6 is 11.8 Å². The van der Waals surface area contributed by atoms with Crippen LogP contribution in [0.2, 0.25) is 0 Å². The van der Waals surface area contributed by atoms with Crippen LogP contribution in [-0.2, 0) is 4.79 Å². The van der Waals surface area contributed by atoms with E-state index in [2.05, 4.69) is 20.4 Å². The molecule has 6 nitrogen and oxygen atoms in total. The molecule has 4 rings (SSSR count). The minimum absolute atomic E-state index is 0.0620. The van der Waals surface area contributed by atoms with Crippen LogP contribution in [0.15, 0.2) is 58.2 Å². The van der Waals surface area contributed by atoms with Crippen LogP contribution in [0.25, 0.3) is 11.5 Å². The average molecular weight is 352 g/mol. The first-order chi connectivity index (χ1) is 12.3. The lowest BCUT2D eigenvalue weighted by atomic mass is 10.3. The molecule has 1 amide bonds. The van der Waals surface area contributed by atoms with E-state index in [9.17, 15) is 4.79 Å². The number of carbonyl (C=O) groups excluding carboxylic acids is 1. The van der Waals surface area contributed by atoms with E-state index in [0.29, 0.717) is 17.6 Å². The second kappa shape index (κ2) is 7.06. The zero-order valence-electron chi connectivity index (χ0n) is 13.4. The molecule has 1 saturated carbocycles. The van der Waals surface area contributed by atoms with Gasteiger partial charge in [-0.25, -0.2) is 4.98 Å². The number of benzene rings is 1. The molecule has 0 bridgehead atoms. The lowest BCUT2D eigenvalue weighted by Gasteiger charge is -2.04. The number of nitrogens with one attached hydrogen (secondary N) is 1. The maximum absolute atomic E-state index is 12.0. The molecule has 0 saturated heterocycles. The highest BCUT2D eigenvalue weighted by Gasteiger charge is 2.29. The Hall–Kier alpha value is -2.67. The smallest absolute Gasteiger partial charge is 0.259 e. The molecule has 0 spiro atoms. The number of carbonyl (C=O) groups is 1. The first-order valence-electron chi connectivity index (χ1n) is 8.06. The quantitative estimate of drug-likeness (QED) is 0.681. The lowest BCUT2D eigenvalue weighted by Crippen LogP contribution is -2.13. The first kappa shape index (κ1) is 15.8. The van der Waals surface area contributed by atoms with Gasteiger partial charge in [0.25, 0.3) is 5.89 Å². The van der Waals surface area contributed by atoms with Crippen molar-refractivity contribution in [1.82, 2.24) is 15.1 Å². The van der Waals surface area contributed by atoms with E-state index >= 15 is 0 Å². The summed E-state index contributed by atoms with van der Waals surface area (Å²) < 4.78 is 5.28. The van der Waals surface area contributed by atoms with Gasteiger partial charge < -0.3 is 9.84 Å². The molecule has 1 fully saturated rings. The number of rotatable bonds is 6. The molecule has 0 unspecified atom stereocenters. The maximum Gasteiger partial charge on any atom is 0.259 e. The molecular weight excluding hydrogens is 336 g/mol. The van der Waals surface area contributed by atoms with Gasteiger partial charge in [-0.1, -0.05) is 35.1 Å². The van der Waals surface area contributed by atoms with E-state index in [4.69, 9.17) is 4.52 Å². The topological polar surface area (TPSA) is 80.9 Å². The molecule has 2 aromatic heterocycles. The largest absolute Gasteiger partial charge is 0.334 e. The fourth-order valence-electron chi connectivity index (χ4n) is 2.31. The summed E-state index contributed by atoms with van der Waals surface area (Å²) in [7, 11) is 0. The van der Waals surface area contributed by atoms with Crippen molar-refractivity contribution in [1.29, 1.82) is 0 Å². The summed E-state index contributed by atoms with van der Waals surface area (Å²) in [5, 5.41) is 7.62. The molecule has 2 heterocycles. The summed E-state index contributed by atoms with van der Waals surface area (Å²) in [4.78, 5) is 20.7. The minimum atomic E-state index is -0.0620. The third-order valence-electron chi connectivity index (χ3n) is 3.78. The maximum atomic E-state index is 12.0. The van der Waals surface area contributed by atoms with Crippen LogP contribution in [0.5, 0.6) is 0 Å². The molecule has 25 heavy (non-hydrogen) atoms. The van der Waals surface area contributed by atoms with Gasteiger partial charge in [-0.15, -0.1) is 0 Å². The Balaban J connectivity index is 1.33. The van der Waals surface area contributed by atoms with Crippen molar-refractivity contribution in [3.63, 3.8) is 0 Å². The zero-order valence-corrected chi connectivity index (χ0v) is 14.2. The van der Waals surface area contributed by atoms with Crippen LogP contribution in [0.4, 0.5) is 5.69 Å². The summed E-state index contributed by atoms with van der Waals surface area (Å²) in [5.74, 6) is 1.98. The SMILES string of the molecule is O=C(CSc1ccc(-c2nc(C3CC3)no2)cn1)Nc1ccccc1. The predicted octanol–water partition coefficient (Wildman–Crippen LogP) is 3.74. The first-order valence-corrected chi connectivity index (χ1v) is 9.04. The van der Waals surface area contributed by atoms with Gasteiger partial charge in [-0.3, -0.25) is 4.79 Å². The summed E-state index contributed by atoms with van der Waals surface area (Å²) in [6.45, 7) is 0. The van der Waals surface area contributed by atoms with Gasteiger partial charge in [-0.05, 0) is 37.1 Å². The van der Waals surface area contributed by atoms with E-state index in [-0.39, 0.29) is 5.91 Å². The monoisotopic (exact) mass is 352 g/mol. The molecule has 0 atom stereocenters. The summed E-state index contributed by atoms with van der Waals surface area (Å²) in [5.41, 5.74) is 1.58. The number of para-hydroxylation sites is 1. The van der Waals surface area contributed by atoms with Crippen LogP contribution in [0.3, 0.4) is 0 Å². The van der Waals surface area contributed by atoms with E-state index in [0.717, 1.165) is 34.9 Å².